The van der Waals surface area contributed by atoms with E-state index in [1.165, 1.54) is 11.1 Å². The topological polar surface area (TPSA) is 106 Å². The first-order chi connectivity index (χ1) is 20.4. The summed E-state index contributed by atoms with van der Waals surface area (Å²) in [5, 5.41) is 22.3. The minimum absolute atomic E-state index is 0.0240. The first-order valence-corrected chi connectivity index (χ1v) is 14.3. The number of aromatic nitrogens is 3. The van der Waals surface area contributed by atoms with Crippen molar-refractivity contribution in [3.63, 3.8) is 0 Å². The van der Waals surface area contributed by atoms with Crippen LogP contribution in [0.25, 0.3) is 11.0 Å². The van der Waals surface area contributed by atoms with Gasteiger partial charge in [-0.15, -0.1) is 5.10 Å². The highest BCUT2D eigenvalue weighted by atomic mass is 35.5. The van der Waals surface area contributed by atoms with Gasteiger partial charge in [-0.25, -0.2) is 9.48 Å². The van der Waals surface area contributed by atoms with Crippen LogP contribution in [0.1, 0.15) is 57.6 Å². The normalized spacial score (nSPS) is 15.1. The molecule has 2 unspecified atom stereocenters. The van der Waals surface area contributed by atoms with E-state index >= 15 is 0 Å². The van der Waals surface area contributed by atoms with Crippen LogP contribution in [-0.4, -0.2) is 32.0 Å². The molecule has 212 valence electrons. The third-order valence-electron chi connectivity index (χ3n) is 7.45. The summed E-state index contributed by atoms with van der Waals surface area (Å²) in [5.74, 6) is -1.02. The zero-order chi connectivity index (χ0) is 29.2. The van der Waals surface area contributed by atoms with Gasteiger partial charge >= 0.3 is 5.97 Å². The number of hydrogen-bond acceptors (Lipinski definition) is 5. The van der Waals surface area contributed by atoms with Gasteiger partial charge in [0.2, 0.25) is 6.10 Å². The van der Waals surface area contributed by atoms with E-state index in [2.05, 4.69) is 27.8 Å². The number of nitrogens with one attached hydrogen (secondary N) is 1. The van der Waals surface area contributed by atoms with Gasteiger partial charge in [-0.2, -0.15) is 0 Å². The Hall–Kier alpha value is -4.40. The van der Waals surface area contributed by atoms with Crippen LogP contribution < -0.4 is 10.1 Å². The molecule has 2 N–H and O–H groups in total. The van der Waals surface area contributed by atoms with Gasteiger partial charge in [-0.05, 0) is 78.4 Å². The highest BCUT2D eigenvalue weighted by Crippen LogP contribution is 2.32. The van der Waals surface area contributed by atoms with E-state index in [1.54, 1.807) is 59.3 Å². The zero-order valence-corrected chi connectivity index (χ0v) is 23.8. The number of nitrogens with zero attached hydrogens (tertiary/aromatic N) is 3. The number of amides is 1. The standard InChI is InChI=1S/C32H26Cl2N4O4/c33-25-14-13-22(42-30(32(40)41)24-9-3-4-10-26(24)34)16-21(25)18-38-29-15-12-20(17-28(29)36-37-38)31(39)35-27-11-5-7-19-6-1-2-8-23(19)27/h1-4,6,8-10,12-17,27,30H,5,7,11,18H2,(H,35,39)(H,40,41). The van der Waals surface area contributed by atoms with Crippen LogP contribution in [0.15, 0.2) is 84.9 Å². The molecule has 6 rings (SSSR count). The predicted molar refractivity (Wildman–Crippen MR) is 160 cm³/mol. The molecule has 8 nitrogen and oxygen atoms in total. The lowest BCUT2D eigenvalue weighted by molar-refractivity contribution is -0.145. The summed E-state index contributed by atoms with van der Waals surface area (Å²) in [4.78, 5) is 25.2. The number of carbonyl (C=O) groups excluding carboxylic acids is 1. The van der Waals surface area contributed by atoms with Gasteiger partial charge < -0.3 is 15.2 Å². The second-order valence-electron chi connectivity index (χ2n) is 10.2. The molecule has 0 aliphatic heterocycles. The van der Waals surface area contributed by atoms with E-state index in [1.807, 2.05) is 18.2 Å². The Morgan fingerprint density at radius 1 is 1.00 bits per heavy atom. The van der Waals surface area contributed by atoms with Crippen molar-refractivity contribution in [3.05, 3.63) is 123 Å². The molecule has 2 atom stereocenters. The maximum Gasteiger partial charge on any atom is 0.349 e. The molecule has 0 spiro atoms. The van der Waals surface area contributed by atoms with E-state index in [0.717, 1.165) is 24.8 Å². The molecule has 0 saturated heterocycles. The summed E-state index contributed by atoms with van der Waals surface area (Å²) in [6.07, 6.45) is 1.65. The first-order valence-electron chi connectivity index (χ1n) is 13.5. The Morgan fingerprint density at radius 2 is 1.81 bits per heavy atom. The summed E-state index contributed by atoms with van der Waals surface area (Å²) < 4.78 is 7.51. The van der Waals surface area contributed by atoms with Crippen LogP contribution in [0.3, 0.4) is 0 Å². The maximum absolute atomic E-state index is 13.2. The van der Waals surface area contributed by atoms with Crippen LogP contribution in [0.4, 0.5) is 0 Å². The number of benzene rings is 4. The molecule has 0 fully saturated rings. The van der Waals surface area contributed by atoms with Crippen molar-refractivity contribution in [1.82, 2.24) is 20.3 Å². The number of carboxylic acids is 1. The fourth-order valence-electron chi connectivity index (χ4n) is 5.35. The number of halogens is 2. The van der Waals surface area contributed by atoms with E-state index in [4.69, 9.17) is 27.9 Å². The minimum Gasteiger partial charge on any atom is -0.478 e. The van der Waals surface area contributed by atoms with Crippen LogP contribution >= 0.6 is 23.2 Å². The molecule has 0 radical (unpaired) electrons. The average molecular weight is 601 g/mol. The number of aliphatic carboxylic acids is 1. The fraction of sp³-hybridized carbons (Fsp3) is 0.188. The molecule has 4 aromatic carbocycles. The van der Waals surface area contributed by atoms with Crippen LogP contribution in [0.2, 0.25) is 10.0 Å². The lowest BCUT2D eigenvalue weighted by atomic mass is 9.87. The Morgan fingerprint density at radius 3 is 2.64 bits per heavy atom. The van der Waals surface area contributed by atoms with E-state index < -0.39 is 12.1 Å². The van der Waals surface area contributed by atoms with Crippen molar-refractivity contribution in [2.24, 2.45) is 0 Å². The third kappa shape index (κ3) is 5.68. The molecule has 5 aromatic rings. The number of carbonyl (C=O) groups is 2. The summed E-state index contributed by atoms with van der Waals surface area (Å²) in [6, 6.07) is 25.1. The lowest BCUT2D eigenvalue weighted by Crippen LogP contribution is -2.30. The van der Waals surface area contributed by atoms with Crippen molar-refractivity contribution in [2.45, 2.75) is 38.0 Å². The number of rotatable bonds is 8. The molecule has 1 heterocycles. The van der Waals surface area contributed by atoms with Gasteiger partial charge in [0.25, 0.3) is 5.91 Å². The van der Waals surface area contributed by atoms with Crippen molar-refractivity contribution in [3.8, 4) is 5.75 Å². The van der Waals surface area contributed by atoms with Gasteiger partial charge in [-0.3, -0.25) is 4.79 Å². The molecular weight excluding hydrogens is 575 g/mol. The summed E-state index contributed by atoms with van der Waals surface area (Å²) in [5.41, 5.74) is 5.25. The van der Waals surface area contributed by atoms with E-state index in [-0.39, 0.29) is 18.5 Å². The van der Waals surface area contributed by atoms with Crippen LogP contribution in [0, 0.1) is 0 Å². The minimum atomic E-state index is -1.30. The second-order valence-corrected chi connectivity index (χ2v) is 11.0. The molecule has 1 aromatic heterocycles. The van der Waals surface area contributed by atoms with Gasteiger partial charge in [0.1, 0.15) is 11.3 Å². The SMILES string of the molecule is O=C(NC1CCCc2ccccc21)c1ccc2c(c1)nnn2Cc1cc(OC(C(=O)O)c2ccccc2Cl)ccc1Cl. The lowest BCUT2D eigenvalue weighted by Gasteiger charge is -2.26. The smallest absolute Gasteiger partial charge is 0.349 e. The summed E-state index contributed by atoms with van der Waals surface area (Å²) in [6.45, 7) is 0.251. The summed E-state index contributed by atoms with van der Waals surface area (Å²) >= 11 is 12.7. The molecule has 1 aliphatic carbocycles. The van der Waals surface area contributed by atoms with Crippen molar-refractivity contribution >= 4 is 46.1 Å². The van der Waals surface area contributed by atoms with E-state index in [9.17, 15) is 14.7 Å². The molecule has 10 heteroatoms. The second kappa shape index (κ2) is 11.8. The largest absolute Gasteiger partial charge is 0.478 e. The molecule has 0 bridgehead atoms. The van der Waals surface area contributed by atoms with Crippen LogP contribution in [0.5, 0.6) is 5.75 Å². The highest BCUT2D eigenvalue weighted by molar-refractivity contribution is 6.31. The molecular formula is C32H26Cl2N4O4. The number of carboxylic acid groups (broad SMARTS) is 1. The monoisotopic (exact) mass is 600 g/mol. The van der Waals surface area contributed by atoms with Crippen LogP contribution in [-0.2, 0) is 17.8 Å². The maximum atomic E-state index is 13.2. The Balaban J connectivity index is 1.20. The molecule has 0 saturated carbocycles. The average Bonchev–Trinajstić information content (AvgIpc) is 3.40. The molecule has 42 heavy (non-hydrogen) atoms. The zero-order valence-electron chi connectivity index (χ0n) is 22.3. The molecule has 1 amide bonds. The number of ether oxygens (including phenoxy) is 1. The van der Waals surface area contributed by atoms with Gasteiger partial charge in [0.05, 0.1) is 18.1 Å². The fourth-order valence-corrected chi connectivity index (χ4v) is 5.77. The van der Waals surface area contributed by atoms with Gasteiger partial charge in [0, 0.05) is 21.2 Å². The third-order valence-corrected chi connectivity index (χ3v) is 8.17. The van der Waals surface area contributed by atoms with Gasteiger partial charge in [-0.1, -0.05) is 70.9 Å². The summed E-state index contributed by atoms with van der Waals surface area (Å²) in [7, 11) is 0. The Labute approximate surface area is 251 Å². The Kier molecular flexibility index (Phi) is 7.82. The highest BCUT2D eigenvalue weighted by Gasteiger charge is 2.25. The van der Waals surface area contributed by atoms with Crippen molar-refractivity contribution in [1.29, 1.82) is 0 Å². The Bertz CT molecular complexity index is 1800. The van der Waals surface area contributed by atoms with Crippen molar-refractivity contribution in [2.75, 3.05) is 0 Å². The number of fused-ring (bicyclic) bond motifs is 2. The number of aryl methyl sites for hydroxylation is 1. The van der Waals surface area contributed by atoms with E-state index in [0.29, 0.717) is 38.0 Å². The first kappa shape index (κ1) is 27.8. The number of hydrogen-bond donors (Lipinski definition) is 2. The van der Waals surface area contributed by atoms with Gasteiger partial charge in [0.15, 0.2) is 0 Å². The van der Waals surface area contributed by atoms with Crippen molar-refractivity contribution < 1.29 is 19.4 Å². The quantitative estimate of drug-likeness (QED) is 0.203. The predicted octanol–water partition coefficient (Wildman–Crippen LogP) is 6.80. The molecule has 1 aliphatic rings.